The number of para-hydroxylation sites is 1. The Morgan fingerprint density at radius 1 is 0.838 bits per heavy atom. The van der Waals surface area contributed by atoms with Crippen LogP contribution in [0.5, 0.6) is 17.2 Å². The maximum absolute atomic E-state index is 12.7. The van der Waals surface area contributed by atoms with Gasteiger partial charge in [-0.25, -0.2) is 5.43 Å². The third-order valence-electron chi connectivity index (χ3n) is 5.33. The molecule has 8 heteroatoms. The molecule has 0 aromatic heterocycles. The van der Waals surface area contributed by atoms with E-state index in [0.29, 0.717) is 45.0 Å². The van der Waals surface area contributed by atoms with Crippen LogP contribution in [-0.2, 0) is 13.2 Å². The first kappa shape index (κ1) is 26.1. The van der Waals surface area contributed by atoms with Crippen LogP contribution in [0.15, 0.2) is 96.1 Å². The summed E-state index contributed by atoms with van der Waals surface area (Å²) in [4.78, 5) is 12.7. The topological polar surface area (TPSA) is 69.2 Å². The molecule has 188 valence electrons. The van der Waals surface area contributed by atoms with Gasteiger partial charge in [-0.15, -0.1) is 0 Å². The summed E-state index contributed by atoms with van der Waals surface area (Å²) in [5, 5.41) is 5.18. The van der Waals surface area contributed by atoms with Crippen molar-refractivity contribution in [1.82, 2.24) is 5.43 Å². The highest BCUT2D eigenvalue weighted by Crippen LogP contribution is 2.30. The number of amides is 1. The lowest BCUT2D eigenvalue weighted by Crippen LogP contribution is -2.18. The van der Waals surface area contributed by atoms with Crippen LogP contribution in [0.25, 0.3) is 0 Å². The molecule has 0 unspecified atom stereocenters. The zero-order chi connectivity index (χ0) is 26.0. The lowest BCUT2D eigenvalue weighted by molar-refractivity contribution is 0.0950. The monoisotopic (exact) mass is 534 g/mol. The molecule has 0 spiro atoms. The average molecular weight is 535 g/mol. The molecule has 1 N–H and O–H groups in total. The Morgan fingerprint density at radius 3 is 2.38 bits per heavy atom. The van der Waals surface area contributed by atoms with Gasteiger partial charge in [0.15, 0.2) is 11.5 Å². The van der Waals surface area contributed by atoms with Gasteiger partial charge in [0, 0.05) is 15.6 Å². The third kappa shape index (κ3) is 7.26. The van der Waals surface area contributed by atoms with Crippen LogP contribution in [-0.4, -0.2) is 19.2 Å². The number of nitrogens with one attached hydrogen (secondary N) is 1. The SMILES string of the molecule is COc1cc(/C=N/NC(=O)c2ccccc2OCc2ccccc2)ccc1OCc1ccc(Cl)cc1Cl. The van der Waals surface area contributed by atoms with Crippen molar-refractivity contribution in [3.63, 3.8) is 0 Å². The molecule has 4 rings (SSSR count). The third-order valence-corrected chi connectivity index (χ3v) is 5.92. The van der Waals surface area contributed by atoms with Crippen LogP contribution in [0.4, 0.5) is 0 Å². The van der Waals surface area contributed by atoms with E-state index in [-0.39, 0.29) is 12.5 Å². The molecule has 4 aromatic carbocycles. The molecule has 4 aromatic rings. The first-order chi connectivity index (χ1) is 18.0. The van der Waals surface area contributed by atoms with E-state index in [1.807, 2.05) is 42.5 Å². The largest absolute Gasteiger partial charge is 0.493 e. The van der Waals surface area contributed by atoms with Gasteiger partial charge in [0.25, 0.3) is 5.91 Å². The minimum atomic E-state index is -0.383. The van der Waals surface area contributed by atoms with Crippen molar-refractivity contribution in [2.45, 2.75) is 13.2 Å². The number of nitrogens with zero attached hydrogens (tertiary/aromatic N) is 1. The van der Waals surface area contributed by atoms with Gasteiger partial charge in [-0.2, -0.15) is 5.10 Å². The van der Waals surface area contributed by atoms with Crippen molar-refractivity contribution in [2.75, 3.05) is 7.11 Å². The van der Waals surface area contributed by atoms with Gasteiger partial charge in [-0.05, 0) is 53.6 Å². The lowest BCUT2D eigenvalue weighted by atomic mass is 10.2. The summed E-state index contributed by atoms with van der Waals surface area (Å²) in [7, 11) is 1.55. The molecule has 0 atom stereocenters. The zero-order valence-corrected chi connectivity index (χ0v) is 21.5. The van der Waals surface area contributed by atoms with E-state index < -0.39 is 0 Å². The summed E-state index contributed by atoms with van der Waals surface area (Å²) in [5.74, 6) is 1.15. The van der Waals surface area contributed by atoms with Crippen LogP contribution in [0.1, 0.15) is 27.0 Å². The molecule has 0 aliphatic carbocycles. The predicted molar refractivity (Wildman–Crippen MR) is 146 cm³/mol. The Balaban J connectivity index is 1.37. The fourth-order valence-corrected chi connectivity index (χ4v) is 3.88. The second-order valence-corrected chi connectivity index (χ2v) is 8.75. The molecule has 0 saturated heterocycles. The molecule has 6 nitrogen and oxygen atoms in total. The Morgan fingerprint density at radius 2 is 1.59 bits per heavy atom. The molecule has 0 saturated carbocycles. The van der Waals surface area contributed by atoms with Gasteiger partial charge < -0.3 is 14.2 Å². The molecule has 0 bridgehead atoms. The number of hydrogen-bond donors (Lipinski definition) is 1. The summed E-state index contributed by atoms with van der Waals surface area (Å²) >= 11 is 12.2. The maximum atomic E-state index is 12.7. The van der Waals surface area contributed by atoms with Crippen molar-refractivity contribution < 1.29 is 19.0 Å². The number of benzene rings is 4. The molecule has 0 aliphatic heterocycles. The first-order valence-corrected chi connectivity index (χ1v) is 12.1. The average Bonchev–Trinajstić information content (AvgIpc) is 2.92. The van der Waals surface area contributed by atoms with Gasteiger partial charge in [-0.3, -0.25) is 4.79 Å². The Labute approximate surface area is 225 Å². The molecular weight excluding hydrogens is 511 g/mol. The highest BCUT2D eigenvalue weighted by atomic mass is 35.5. The highest BCUT2D eigenvalue weighted by Gasteiger charge is 2.12. The van der Waals surface area contributed by atoms with E-state index in [9.17, 15) is 4.79 Å². The summed E-state index contributed by atoms with van der Waals surface area (Å²) < 4.78 is 17.2. The van der Waals surface area contributed by atoms with Crippen molar-refractivity contribution in [3.8, 4) is 17.2 Å². The summed E-state index contributed by atoms with van der Waals surface area (Å²) in [6, 6.07) is 27.3. The number of rotatable bonds is 10. The zero-order valence-electron chi connectivity index (χ0n) is 20.0. The van der Waals surface area contributed by atoms with E-state index in [1.165, 1.54) is 6.21 Å². The van der Waals surface area contributed by atoms with Crippen LogP contribution in [0.2, 0.25) is 10.0 Å². The van der Waals surface area contributed by atoms with Crippen molar-refractivity contribution in [1.29, 1.82) is 0 Å². The summed E-state index contributed by atoms with van der Waals surface area (Å²) in [6.45, 7) is 0.606. The minimum Gasteiger partial charge on any atom is -0.493 e. The van der Waals surface area contributed by atoms with Gasteiger partial charge in [0.1, 0.15) is 19.0 Å². The van der Waals surface area contributed by atoms with E-state index in [2.05, 4.69) is 10.5 Å². The smallest absolute Gasteiger partial charge is 0.275 e. The molecule has 0 heterocycles. The van der Waals surface area contributed by atoms with E-state index in [0.717, 1.165) is 11.1 Å². The van der Waals surface area contributed by atoms with Crippen LogP contribution in [0.3, 0.4) is 0 Å². The Kier molecular flexibility index (Phi) is 9.03. The normalized spacial score (nSPS) is 10.8. The highest BCUT2D eigenvalue weighted by molar-refractivity contribution is 6.35. The molecule has 0 fully saturated rings. The van der Waals surface area contributed by atoms with Gasteiger partial charge in [0.05, 0.1) is 18.9 Å². The van der Waals surface area contributed by atoms with Crippen LogP contribution in [0, 0.1) is 0 Å². The first-order valence-electron chi connectivity index (χ1n) is 11.4. The van der Waals surface area contributed by atoms with Crippen molar-refractivity contribution in [2.24, 2.45) is 5.10 Å². The number of ether oxygens (including phenoxy) is 3. The van der Waals surface area contributed by atoms with E-state index >= 15 is 0 Å². The van der Waals surface area contributed by atoms with Crippen LogP contribution >= 0.6 is 23.2 Å². The molecular formula is C29H24Cl2N2O4. The maximum Gasteiger partial charge on any atom is 0.275 e. The lowest BCUT2D eigenvalue weighted by Gasteiger charge is -2.12. The number of carbonyl (C=O) groups is 1. The minimum absolute atomic E-state index is 0.252. The second kappa shape index (κ2) is 12.8. The second-order valence-electron chi connectivity index (χ2n) is 7.90. The van der Waals surface area contributed by atoms with Gasteiger partial charge in [0.2, 0.25) is 0 Å². The predicted octanol–water partition coefficient (Wildman–Crippen LogP) is 6.92. The van der Waals surface area contributed by atoms with Gasteiger partial charge in [-0.1, -0.05) is 71.7 Å². The number of hydrogen-bond acceptors (Lipinski definition) is 5. The Bertz CT molecular complexity index is 1390. The Hall–Kier alpha value is -4.00. The number of carbonyl (C=O) groups excluding carboxylic acids is 1. The molecule has 37 heavy (non-hydrogen) atoms. The molecule has 0 radical (unpaired) electrons. The molecule has 1 amide bonds. The summed E-state index contributed by atoms with van der Waals surface area (Å²) in [5.41, 5.74) is 5.45. The quantitative estimate of drug-likeness (QED) is 0.177. The fraction of sp³-hybridized carbons (Fsp3) is 0.103. The standard InChI is InChI=1S/C29H24Cl2N2O4/c1-35-28-15-21(11-14-27(28)37-19-22-12-13-23(30)16-25(22)31)17-32-33-29(34)24-9-5-6-10-26(24)36-18-20-7-3-2-4-8-20/h2-17H,18-19H2,1H3,(H,33,34)/b32-17+. The number of halogens is 2. The van der Waals surface area contributed by atoms with Gasteiger partial charge >= 0.3 is 0 Å². The number of hydrazone groups is 1. The van der Waals surface area contributed by atoms with E-state index in [1.54, 1.807) is 55.6 Å². The van der Waals surface area contributed by atoms with Crippen LogP contribution < -0.4 is 19.6 Å². The van der Waals surface area contributed by atoms with Crippen molar-refractivity contribution in [3.05, 3.63) is 123 Å². The van der Waals surface area contributed by atoms with Crippen molar-refractivity contribution >= 4 is 35.3 Å². The fourth-order valence-electron chi connectivity index (χ4n) is 3.42. The number of methoxy groups -OCH3 is 1. The van der Waals surface area contributed by atoms with E-state index in [4.69, 9.17) is 37.4 Å². The molecule has 0 aliphatic rings. The summed E-state index contributed by atoms with van der Waals surface area (Å²) in [6.07, 6.45) is 1.52.